The van der Waals surface area contributed by atoms with Crippen LogP contribution in [0.2, 0.25) is 0 Å². The van der Waals surface area contributed by atoms with E-state index >= 15 is 0 Å². The normalized spacial score (nSPS) is 23.8. The minimum atomic E-state index is -2.80. The second-order valence-corrected chi connectivity index (χ2v) is 3.93. The molecule has 1 rings (SSSR count). The van der Waals surface area contributed by atoms with Crippen LogP contribution in [-0.4, -0.2) is 49.1 Å². The Hall–Kier alpha value is -0.750. The van der Waals surface area contributed by atoms with Gasteiger partial charge in [-0.2, -0.15) is 0 Å². The molecule has 0 aliphatic carbocycles. The van der Waals surface area contributed by atoms with Gasteiger partial charge in [0.2, 0.25) is 5.91 Å². The van der Waals surface area contributed by atoms with E-state index in [1.54, 1.807) is 6.92 Å². The lowest BCUT2D eigenvalue weighted by Crippen LogP contribution is -2.39. The van der Waals surface area contributed by atoms with Crippen molar-refractivity contribution in [2.24, 2.45) is 5.73 Å². The summed E-state index contributed by atoms with van der Waals surface area (Å²) in [7, 11) is 0. The minimum absolute atomic E-state index is 0.110. The minimum Gasteiger partial charge on any atom is -0.380 e. The van der Waals surface area contributed by atoms with Gasteiger partial charge in [-0.1, -0.05) is 0 Å². The molecule has 6 heteroatoms. The monoisotopic (exact) mass is 236 g/mol. The molecule has 16 heavy (non-hydrogen) atoms. The van der Waals surface area contributed by atoms with Crippen molar-refractivity contribution in [3.8, 4) is 0 Å². The summed E-state index contributed by atoms with van der Waals surface area (Å²) in [5, 5.41) is 0. The second-order valence-electron chi connectivity index (χ2n) is 3.93. The number of nitrogens with two attached hydrogens (primary N) is 1. The zero-order valence-corrected chi connectivity index (χ0v) is 9.42. The van der Waals surface area contributed by atoms with Crippen LogP contribution >= 0.6 is 0 Å². The Kier molecular flexibility index (Phi) is 4.61. The van der Waals surface area contributed by atoms with E-state index in [-0.39, 0.29) is 31.9 Å². The molecule has 0 aromatic heterocycles. The first-order valence-electron chi connectivity index (χ1n) is 5.45. The zero-order chi connectivity index (χ0) is 12.2. The van der Waals surface area contributed by atoms with Crippen molar-refractivity contribution >= 4 is 5.91 Å². The van der Waals surface area contributed by atoms with Crippen LogP contribution in [0.25, 0.3) is 0 Å². The maximum absolute atomic E-state index is 13.2. The van der Waals surface area contributed by atoms with Crippen LogP contribution in [0.15, 0.2) is 0 Å². The van der Waals surface area contributed by atoms with Gasteiger partial charge in [0.1, 0.15) is 0 Å². The van der Waals surface area contributed by atoms with Gasteiger partial charge in [0.15, 0.2) is 0 Å². The van der Waals surface area contributed by atoms with Crippen LogP contribution in [0.3, 0.4) is 0 Å². The van der Waals surface area contributed by atoms with Gasteiger partial charge in [-0.3, -0.25) is 4.79 Å². The number of carbonyl (C=O) groups excluding carboxylic acids is 1. The van der Waals surface area contributed by atoms with E-state index in [1.807, 2.05) is 0 Å². The van der Waals surface area contributed by atoms with Crippen LogP contribution < -0.4 is 5.73 Å². The summed E-state index contributed by atoms with van der Waals surface area (Å²) in [4.78, 5) is 12.8. The van der Waals surface area contributed by atoms with E-state index in [0.717, 1.165) is 0 Å². The van der Waals surface area contributed by atoms with Gasteiger partial charge in [0, 0.05) is 26.0 Å². The molecule has 0 aromatic rings. The molecule has 1 amide bonds. The number of nitrogens with zero attached hydrogens (tertiary/aromatic N) is 1. The van der Waals surface area contributed by atoms with Crippen LogP contribution in [0.5, 0.6) is 0 Å². The van der Waals surface area contributed by atoms with Crippen LogP contribution in [0.1, 0.15) is 19.8 Å². The van der Waals surface area contributed by atoms with Crippen LogP contribution in [0, 0.1) is 0 Å². The fraction of sp³-hybridized carbons (Fsp3) is 0.900. The smallest absolute Gasteiger partial charge is 0.267 e. The summed E-state index contributed by atoms with van der Waals surface area (Å²) >= 11 is 0. The van der Waals surface area contributed by atoms with E-state index in [1.165, 1.54) is 4.90 Å². The van der Waals surface area contributed by atoms with Gasteiger partial charge < -0.3 is 15.4 Å². The van der Waals surface area contributed by atoms with Crippen molar-refractivity contribution < 1.29 is 18.3 Å². The Balaban J connectivity index is 2.60. The van der Waals surface area contributed by atoms with E-state index in [2.05, 4.69) is 0 Å². The standard InChI is InChI=1S/C10H18F2N2O2/c1-2-16-6-8-5-10(11,12)7-14(8)9(15)3-4-13/h8H,2-7,13H2,1H3. The number of likely N-dealkylation sites (tertiary alicyclic amines) is 1. The first-order chi connectivity index (χ1) is 7.50. The highest BCUT2D eigenvalue weighted by Crippen LogP contribution is 2.32. The number of hydrogen-bond donors (Lipinski definition) is 1. The van der Waals surface area contributed by atoms with Crippen molar-refractivity contribution in [1.29, 1.82) is 0 Å². The Morgan fingerprint density at radius 3 is 2.88 bits per heavy atom. The third kappa shape index (κ3) is 3.38. The van der Waals surface area contributed by atoms with Crippen molar-refractivity contribution in [1.82, 2.24) is 4.90 Å². The molecule has 1 unspecified atom stereocenters. The van der Waals surface area contributed by atoms with E-state index < -0.39 is 18.5 Å². The Morgan fingerprint density at radius 2 is 2.31 bits per heavy atom. The predicted octanol–water partition coefficient (Wildman–Crippen LogP) is 0.608. The molecule has 1 atom stereocenters. The third-order valence-corrected chi connectivity index (χ3v) is 2.57. The fourth-order valence-electron chi connectivity index (χ4n) is 1.86. The summed E-state index contributed by atoms with van der Waals surface area (Å²) in [6.07, 6.45) is -0.206. The van der Waals surface area contributed by atoms with E-state index in [0.29, 0.717) is 6.61 Å². The molecule has 0 spiro atoms. The molecule has 1 saturated heterocycles. The van der Waals surface area contributed by atoms with Gasteiger partial charge in [-0.15, -0.1) is 0 Å². The van der Waals surface area contributed by atoms with Crippen LogP contribution in [-0.2, 0) is 9.53 Å². The molecule has 2 N–H and O–H groups in total. The number of halogens is 2. The van der Waals surface area contributed by atoms with Gasteiger partial charge in [0.25, 0.3) is 5.92 Å². The average molecular weight is 236 g/mol. The molecule has 1 fully saturated rings. The van der Waals surface area contributed by atoms with Gasteiger partial charge in [-0.25, -0.2) is 8.78 Å². The summed E-state index contributed by atoms with van der Waals surface area (Å²) in [6.45, 7) is 2.09. The molecule has 1 heterocycles. The first kappa shape index (κ1) is 13.3. The molecule has 0 aromatic carbocycles. The van der Waals surface area contributed by atoms with Gasteiger partial charge in [0.05, 0.1) is 19.2 Å². The Bertz CT molecular complexity index is 249. The van der Waals surface area contributed by atoms with Crippen molar-refractivity contribution in [3.63, 3.8) is 0 Å². The number of amides is 1. The summed E-state index contributed by atoms with van der Waals surface area (Å²) in [5.74, 6) is -3.11. The average Bonchev–Trinajstić information content (AvgIpc) is 2.51. The Morgan fingerprint density at radius 1 is 1.62 bits per heavy atom. The molecule has 1 aliphatic heterocycles. The highest BCUT2D eigenvalue weighted by atomic mass is 19.3. The highest BCUT2D eigenvalue weighted by Gasteiger charge is 2.46. The number of rotatable bonds is 5. The lowest BCUT2D eigenvalue weighted by molar-refractivity contribution is -0.134. The topological polar surface area (TPSA) is 55.6 Å². The number of alkyl halides is 2. The maximum Gasteiger partial charge on any atom is 0.267 e. The predicted molar refractivity (Wildman–Crippen MR) is 55.2 cm³/mol. The van der Waals surface area contributed by atoms with Crippen molar-refractivity contribution in [3.05, 3.63) is 0 Å². The summed E-state index contributed by atoms with van der Waals surface area (Å²) in [5.41, 5.74) is 5.24. The van der Waals surface area contributed by atoms with E-state index in [4.69, 9.17) is 10.5 Å². The number of ether oxygens (including phenoxy) is 1. The largest absolute Gasteiger partial charge is 0.380 e. The molecule has 0 bridgehead atoms. The second kappa shape index (κ2) is 5.54. The van der Waals surface area contributed by atoms with Gasteiger partial charge >= 0.3 is 0 Å². The number of carbonyl (C=O) groups is 1. The first-order valence-corrected chi connectivity index (χ1v) is 5.45. The molecular formula is C10H18F2N2O2. The summed E-state index contributed by atoms with van der Waals surface area (Å²) in [6, 6.07) is -0.519. The van der Waals surface area contributed by atoms with E-state index in [9.17, 15) is 13.6 Å². The molecule has 1 aliphatic rings. The maximum atomic E-state index is 13.2. The van der Waals surface area contributed by atoms with Crippen LogP contribution in [0.4, 0.5) is 8.78 Å². The van der Waals surface area contributed by atoms with Crippen molar-refractivity contribution in [2.75, 3.05) is 26.3 Å². The fourth-order valence-corrected chi connectivity index (χ4v) is 1.86. The lowest BCUT2D eigenvalue weighted by Gasteiger charge is -2.23. The molecule has 94 valence electrons. The lowest BCUT2D eigenvalue weighted by atomic mass is 10.2. The molecule has 0 saturated carbocycles. The Labute approximate surface area is 93.7 Å². The SMILES string of the molecule is CCOCC1CC(F)(F)CN1C(=O)CCN. The molecule has 4 nitrogen and oxygen atoms in total. The summed E-state index contributed by atoms with van der Waals surface area (Å²) < 4.78 is 31.5. The zero-order valence-electron chi connectivity index (χ0n) is 9.42. The van der Waals surface area contributed by atoms with Crippen molar-refractivity contribution in [2.45, 2.75) is 31.7 Å². The quantitative estimate of drug-likeness (QED) is 0.760. The van der Waals surface area contributed by atoms with Gasteiger partial charge in [-0.05, 0) is 6.92 Å². The molecule has 0 radical (unpaired) electrons. The highest BCUT2D eigenvalue weighted by molar-refractivity contribution is 5.77. The molecular weight excluding hydrogens is 218 g/mol. The number of hydrogen-bond acceptors (Lipinski definition) is 3. The third-order valence-electron chi connectivity index (χ3n) is 2.57.